The van der Waals surface area contributed by atoms with Crippen LogP contribution in [0.25, 0.3) is 0 Å². The zero-order valence-electron chi connectivity index (χ0n) is 19.5. The Labute approximate surface area is 181 Å². The van der Waals surface area contributed by atoms with Gasteiger partial charge in [-0.1, -0.05) is 43.2 Å². The summed E-state index contributed by atoms with van der Waals surface area (Å²) < 4.78 is 11.7. The van der Waals surface area contributed by atoms with E-state index in [9.17, 15) is 9.90 Å². The highest BCUT2D eigenvalue weighted by atomic mass is 16.5. The van der Waals surface area contributed by atoms with Gasteiger partial charge in [-0.2, -0.15) is 0 Å². The van der Waals surface area contributed by atoms with Gasteiger partial charge in [0.1, 0.15) is 11.5 Å². The van der Waals surface area contributed by atoms with Gasteiger partial charge >= 0.3 is 5.97 Å². The van der Waals surface area contributed by atoms with Gasteiger partial charge in [-0.25, -0.2) is 0 Å². The van der Waals surface area contributed by atoms with Crippen LogP contribution in [0.5, 0.6) is 11.5 Å². The fraction of sp³-hybridized carbons (Fsp3) is 0.500. The molecule has 2 aromatic carbocycles. The van der Waals surface area contributed by atoms with Crippen molar-refractivity contribution in [2.75, 3.05) is 14.2 Å². The van der Waals surface area contributed by atoms with Crippen LogP contribution in [-0.2, 0) is 4.79 Å². The van der Waals surface area contributed by atoms with Crippen molar-refractivity contribution in [1.29, 1.82) is 0 Å². The molecule has 0 aromatic heterocycles. The largest absolute Gasteiger partial charge is 0.496 e. The number of carboxylic acids is 1. The number of hydrogen-bond acceptors (Lipinski definition) is 3. The molecule has 1 N–H and O–H groups in total. The Morgan fingerprint density at radius 1 is 0.933 bits per heavy atom. The second-order valence-corrected chi connectivity index (χ2v) is 8.75. The van der Waals surface area contributed by atoms with E-state index >= 15 is 0 Å². The van der Waals surface area contributed by atoms with E-state index in [-0.39, 0.29) is 5.92 Å². The van der Waals surface area contributed by atoms with E-state index in [1.54, 1.807) is 28.1 Å². The number of unbranched alkanes of at least 4 members (excludes halogenated alkanes) is 1. The topological polar surface area (TPSA) is 55.8 Å². The van der Waals surface area contributed by atoms with Gasteiger partial charge in [0.05, 0.1) is 19.6 Å². The summed E-state index contributed by atoms with van der Waals surface area (Å²) in [6.07, 6.45) is 3.39. The van der Waals surface area contributed by atoms with Crippen LogP contribution in [0.1, 0.15) is 73.3 Å². The Hall–Kier alpha value is -2.49. The van der Waals surface area contributed by atoms with Crippen LogP contribution in [0.2, 0.25) is 0 Å². The van der Waals surface area contributed by atoms with Crippen molar-refractivity contribution in [3.8, 4) is 11.5 Å². The summed E-state index contributed by atoms with van der Waals surface area (Å²) in [6, 6.07) is 10.5. The summed E-state index contributed by atoms with van der Waals surface area (Å²) in [5.41, 5.74) is 5.02. The Balaban J connectivity index is 2.45. The second kappa shape index (κ2) is 10.0. The van der Waals surface area contributed by atoms with Crippen LogP contribution in [0.3, 0.4) is 0 Å². The quantitative estimate of drug-likeness (QED) is 0.457. The van der Waals surface area contributed by atoms with Gasteiger partial charge in [0, 0.05) is 11.5 Å². The molecular weight excluding hydrogens is 376 g/mol. The van der Waals surface area contributed by atoms with E-state index in [1.807, 2.05) is 6.07 Å². The predicted molar refractivity (Wildman–Crippen MR) is 122 cm³/mol. The lowest BCUT2D eigenvalue weighted by Crippen LogP contribution is -2.23. The van der Waals surface area contributed by atoms with Gasteiger partial charge < -0.3 is 14.6 Å². The van der Waals surface area contributed by atoms with Gasteiger partial charge in [-0.3, -0.25) is 4.79 Å². The molecule has 1 atom stereocenters. The number of aliphatic carboxylic acids is 1. The molecule has 4 heteroatoms. The van der Waals surface area contributed by atoms with E-state index in [0.717, 1.165) is 47.5 Å². The van der Waals surface area contributed by atoms with Crippen molar-refractivity contribution in [1.82, 2.24) is 0 Å². The number of benzene rings is 2. The van der Waals surface area contributed by atoms with Crippen molar-refractivity contribution >= 4 is 5.97 Å². The Morgan fingerprint density at radius 3 is 2.03 bits per heavy atom. The molecule has 4 nitrogen and oxygen atoms in total. The monoisotopic (exact) mass is 412 g/mol. The minimum absolute atomic E-state index is 0.155. The Bertz CT molecular complexity index is 869. The molecule has 30 heavy (non-hydrogen) atoms. The van der Waals surface area contributed by atoms with Gasteiger partial charge in [0.15, 0.2) is 0 Å². The summed E-state index contributed by atoms with van der Waals surface area (Å²) >= 11 is 0. The van der Waals surface area contributed by atoms with Crippen molar-refractivity contribution in [2.24, 2.45) is 5.41 Å². The molecule has 0 amide bonds. The molecule has 2 aromatic rings. The zero-order chi connectivity index (χ0) is 22.5. The molecule has 0 aliphatic rings. The summed E-state index contributed by atoms with van der Waals surface area (Å²) in [5, 5.41) is 9.39. The predicted octanol–water partition coefficient (Wildman–Crippen LogP) is 6.43. The Kier molecular flexibility index (Phi) is 7.94. The highest BCUT2D eigenvalue weighted by molar-refractivity contribution is 5.73. The molecule has 164 valence electrons. The number of rotatable bonds is 10. The summed E-state index contributed by atoms with van der Waals surface area (Å²) in [6.45, 7) is 9.85. The first-order valence-corrected chi connectivity index (χ1v) is 10.7. The number of hydrogen-bond donors (Lipinski definition) is 1. The molecule has 0 saturated carbocycles. The lowest BCUT2D eigenvalue weighted by molar-refractivity contribution is -0.147. The second-order valence-electron chi connectivity index (χ2n) is 8.75. The normalized spacial score (nSPS) is 12.5. The fourth-order valence-corrected chi connectivity index (χ4v) is 4.29. The minimum atomic E-state index is -0.737. The highest BCUT2D eigenvalue weighted by Crippen LogP contribution is 2.45. The average Bonchev–Trinajstić information content (AvgIpc) is 2.72. The first-order valence-electron chi connectivity index (χ1n) is 10.7. The molecule has 0 bridgehead atoms. The van der Waals surface area contributed by atoms with E-state index in [1.165, 1.54) is 11.1 Å². The molecular formula is C26H36O4. The van der Waals surface area contributed by atoms with Gasteiger partial charge in [0.25, 0.3) is 0 Å². The lowest BCUT2D eigenvalue weighted by atomic mass is 9.80. The average molecular weight is 413 g/mol. The summed E-state index contributed by atoms with van der Waals surface area (Å²) in [5.74, 6) is 1.25. The van der Waals surface area contributed by atoms with Crippen molar-refractivity contribution in [2.45, 2.75) is 66.2 Å². The minimum Gasteiger partial charge on any atom is -0.496 e. The molecule has 0 aliphatic carbocycles. The molecule has 0 spiro atoms. The summed E-state index contributed by atoms with van der Waals surface area (Å²) in [7, 11) is 3.45. The maximum Gasteiger partial charge on any atom is 0.309 e. The number of carbonyl (C=O) groups is 1. The number of methoxy groups -OCH3 is 2. The third-order valence-corrected chi connectivity index (χ3v) is 6.32. The molecule has 0 heterocycles. The zero-order valence-corrected chi connectivity index (χ0v) is 19.5. The van der Waals surface area contributed by atoms with E-state index in [2.05, 4.69) is 45.0 Å². The standard InChI is InChI=1S/C26H36O4/c1-17-18(2)24(30-7)22(19(3)23(17)29-6)21(20-13-9-8-10-14-20)15-11-12-16-26(4,5)25(27)28/h8-10,13-14,21H,11-12,15-16H2,1-7H3,(H,27,28). The molecule has 2 rings (SSSR count). The lowest BCUT2D eigenvalue weighted by Gasteiger charge is -2.27. The Morgan fingerprint density at radius 2 is 1.50 bits per heavy atom. The SMILES string of the molecule is COc1c(C)c(C)c(OC)c(C(CCCCC(C)(C)C(=O)O)c2ccccc2)c1C. The fourth-order valence-electron chi connectivity index (χ4n) is 4.29. The van der Waals surface area contributed by atoms with Crippen molar-refractivity contribution < 1.29 is 19.4 Å². The van der Waals surface area contributed by atoms with Crippen LogP contribution >= 0.6 is 0 Å². The maximum absolute atomic E-state index is 11.4. The highest BCUT2D eigenvalue weighted by Gasteiger charge is 2.28. The van der Waals surface area contributed by atoms with Gasteiger partial charge in [0.2, 0.25) is 0 Å². The molecule has 0 saturated heterocycles. The van der Waals surface area contributed by atoms with Crippen LogP contribution in [0, 0.1) is 26.2 Å². The van der Waals surface area contributed by atoms with Crippen LogP contribution in [-0.4, -0.2) is 25.3 Å². The molecule has 0 aliphatic heterocycles. The van der Waals surface area contributed by atoms with Crippen LogP contribution < -0.4 is 9.47 Å². The first-order chi connectivity index (χ1) is 14.2. The van der Waals surface area contributed by atoms with Gasteiger partial charge in [-0.05, 0) is 69.7 Å². The molecule has 0 fully saturated rings. The van der Waals surface area contributed by atoms with Crippen LogP contribution in [0.4, 0.5) is 0 Å². The number of carboxylic acid groups (broad SMARTS) is 1. The smallest absolute Gasteiger partial charge is 0.309 e. The van der Waals surface area contributed by atoms with E-state index < -0.39 is 11.4 Å². The van der Waals surface area contributed by atoms with Crippen molar-refractivity contribution in [3.63, 3.8) is 0 Å². The maximum atomic E-state index is 11.4. The van der Waals surface area contributed by atoms with Gasteiger partial charge in [-0.15, -0.1) is 0 Å². The molecule has 1 unspecified atom stereocenters. The summed E-state index contributed by atoms with van der Waals surface area (Å²) in [4.78, 5) is 11.4. The van der Waals surface area contributed by atoms with E-state index in [4.69, 9.17) is 9.47 Å². The first kappa shape index (κ1) is 23.8. The third kappa shape index (κ3) is 4.97. The molecule has 0 radical (unpaired) electrons. The van der Waals surface area contributed by atoms with E-state index in [0.29, 0.717) is 6.42 Å². The van der Waals surface area contributed by atoms with Crippen LogP contribution in [0.15, 0.2) is 30.3 Å². The van der Waals surface area contributed by atoms with Crippen molar-refractivity contribution in [3.05, 3.63) is 58.1 Å². The number of ether oxygens (including phenoxy) is 2. The third-order valence-electron chi connectivity index (χ3n) is 6.32.